The van der Waals surface area contributed by atoms with Gasteiger partial charge in [-0.2, -0.15) is 0 Å². The van der Waals surface area contributed by atoms with Crippen molar-refractivity contribution in [2.24, 2.45) is 0 Å². The first-order chi connectivity index (χ1) is 9.47. The maximum Gasteiger partial charge on any atom is 0.292 e. The van der Waals surface area contributed by atoms with Gasteiger partial charge in [0.2, 0.25) is 5.91 Å². The summed E-state index contributed by atoms with van der Waals surface area (Å²) in [6.07, 6.45) is 0. The summed E-state index contributed by atoms with van der Waals surface area (Å²) < 4.78 is 0. The number of nitro groups is 1. The Morgan fingerprint density at radius 3 is 2.80 bits per heavy atom. The van der Waals surface area contributed by atoms with E-state index >= 15 is 0 Å². The van der Waals surface area contributed by atoms with Gasteiger partial charge in [-0.3, -0.25) is 19.8 Å². The molecule has 0 heterocycles. The molecule has 7 nitrogen and oxygen atoms in total. The number of anilines is 1. The summed E-state index contributed by atoms with van der Waals surface area (Å²) in [4.78, 5) is 23.8. The fourth-order valence-corrected chi connectivity index (χ4v) is 1.82. The molecule has 110 valence electrons. The smallest absolute Gasteiger partial charge is 0.292 e. The van der Waals surface area contributed by atoms with Crippen LogP contribution < -0.4 is 5.32 Å². The lowest BCUT2D eigenvalue weighted by Crippen LogP contribution is -2.35. The van der Waals surface area contributed by atoms with Crippen LogP contribution in [-0.4, -0.2) is 47.1 Å². The lowest BCUT2D eigenvalue weighted by molar-refractivity contribution is -0.383. The highest BCUT2D eigenvalue weighted by molar-refractivity contribution is 6.31. The van der Waals surface area contributed by atoms with E-state index in [1.807, 2.05) is 6.92 Å². The molecule has 20 heavy (non-hydrogen) atoms. The molecule has 1 aromatic rings. The highest BCUT2D eigenvalue weighted by Crippen LogP contribution is 2.27. The number of halogens is 1. The number of benzene rings is 1. The van der Waals surface area contributed by atoms with E-state index in [9.17, 15) is 14.9 Å². The van der Waals surface area contributed by atoms with E-state index in [0.717, 1.165) is 0 Å². The Bertz CT molecular complexity index is 496. The van der Waals surface area contributed by atoms with Crippen LogP contribution in [0.2, 0.25) is 5.02 Å². The third-order valence-electron chi connectivity index (χ3n) is 2.66. The normalized spacial score (nSPS) is 10.6. The van der Waals surface area contributed by atoms with E-state index < -0.39 is 10.8 Å². The van der Waals surface area contributed by atoms with Gasteiger partial charge >= 0.3 is 0 Å². The fourth-order valence-electron chi connectivity index (χ4n) is 1.65. The highest BCUT2D eigenvalue weighted by atomic mass is 35.5. The summed E-state index contributed by atoms with van der Waals surface area (Å²) in [6, 6.07) is 3.96. The van der Waals surface area contributed by atoms with E-state index in [2.05, 4.69) is 5.32 Å². The zero-order valence-corrected chi connectivity index (χ0v) is 11.8. The number of nitro benzene ring substituents is 1. The molecule has 0 aliphatic heterocycles. The van der Waals surface area contributed by atoms with Gasteiger partial charge in [0, 0.05) is 17.6 Å². The number of carbonyl (C=O) groups excluding carboxylic acids is 1. The van der Waals surface area contributed by atoms with Crippen LogP contribution in [0.3, 0.4) is 0 Å². The van der Waals surface area contributed by atoms with E-state index in [1.165, 1.54) is 18.2 Å². The maximum atomic E-state index is 11.8. The number of aliphatic hydroxyl groups excluding tert-OH is 1. The number of likely N-dealkylation sites (N-methyl/N-ethyl adjacent to an activating group) is 1. The van der Waals surface area contributed by atoms with E-state index in [1.54, 1.807) is 4.90 Å². The molecular weight excluding hydrogens is 286 g/mol. The number of hydrogen-bond acceptors (Lipinski definition) is 5. The molecule has 2 N–H and O–H groups in total. The molecule has 0 aromatic heterocycles. The van der Waals surface area contributed by atoms with Gasteiger partial charge in [-0.05, 0) is 18.7 Å². The zero-order valence-electron chi connectivity index (χ0n) is 11.0. The van der Waals surface area contributed by atoms with Crippen molar-refractivity contribution in [3.63, 3.8) is 0 Å². The molecule has 0 aliphatic rings. The summed E-state index contributed by atoms with van der Waals surface area (Å²) in [5.41, 5.74) is -0.152. The Morgan fingerprint density at radius 1 is 1.55 bits per heavy atom. The molecule has 0 saturated carbocycles. The highest BCUT2D eigenvalue weighted by Gasteiger charge is 2.17. The van der Waals surface area contributed by atoms with Crippen LogP contribution in [0.1, 0.15) is 6.92 Å². The van der Waals surface area contributed by atoms with Crippen LogP contribution in [-0.2, 0) is 4.79 Å². The minimum Gasteiger partial charge on any atom is -0.395 e. The summed E-state index contributed by atoms with van der Waals surface area (Å²) in [5.74, 6) is -0.398. The molecule has 0 aliphatic carbocycles. The molecule has 0 spiro atoms. The van der Waals surface area contributed by atoms with Crippen molar-refractivity contribution in [1.82, 2.24) is 4.90 Å². The lowest BCUT2D eigenvalue weighted by atomic mass is 10.2. The first-order valence-corrected chi connectivity index (χ1v) is 6.42. The van der Waals surface area contributed by atoms with Crippen LogP contribution in [0, 0.1) is 10.1 Å². The third-order valence-corrected chi connectivity index (χ3v) is 2.90. The summed E-state index contributed by atoms with van der Waals surface area (Å²) in [7, 11) is 0. The van der Waals surface area contributed by atoms with Crippen LogP contribution in [0.5, 0.6) is 0 Å². The molecule has 0 atom stereocenters. The summed E-state index contributed by atoms with van der Waals surface area (Å²) >= 11 is 5.77. The topological polar surface area (TPSA) is 95.7 Å². The van der Waals surface area contributed by atoms with Gasteiger partial charge in [-0.1, -0.05) is 18.5 Å². The number of carbonyl (C=O) groups is 1. The van der Waals surface area contributed by atoms with Gasteiger partial charge < -0.3 is 10.4 Å². The van der Waals surface area contributed by atoms with Gasteiger partial charge in [-0.15, -0.1) is 0 Å². The molecule has 0 radical (unpaired) electrons. The molecule has 0 unspecified atom stereocenters. The van der Waals surface area contributed by atoms with E-state index in [-0.39, 0.29) is 24.5 Å². The van der Waals surface area contributed by atoms with Crippen molar-refractivity contribution in [1.29, 1.82) is 0 Å². The van der Waals surface area contributed by atoms with Crippen molar-refractivity contribution in [2.75, 3.05) is 31.6 Å². The van der Waals surface area contributed by atoms with Gasteiger partial charge in [0.15, 0.2) is 0 Å². The number of nitrogens with zero attached hydrogens (tertiary/aromatic N) is 2. The summed E-state index contributed by atoms with van der Waals surface area (Å²) in [5, 5.41) is 22.5. The second-order valence-electron chi connectivity index (χ2n) is 4.06. The molecule has 0 fully saturated rings. The van der Waals surface area contributed by atoms with Crippen molar-refractivity contribution >= 4 is 28.9 Å². The van der Waals surface area contributed by atoms with Crippen LogP contribution >= 0.6 is 11.6 Å². The quantitative estimate of drug-likeness (QED) is 0.588. The molecule has 0 saturated heterocycles. The number of amides is 1. The molecule has 1 rings (SSSR count). The monoisotopic (exact) mass is 301 g/mol. The Kier molecular flexibility index (Phi) is 6.37. The van der Waals surface area contributed by atoms with Crippen LogP contribution in [0.15, 0.2) is 18.2 Å². The average molecular weight is 302 g/mol. The van der Waals surface area contributed by atoms with Crippen molar-refractivity contribution < 1.29 is 14.8 Å². The molecule has 0 bridgehead atoms. The molecule has 1 amide bonds. The lowest BCUT2D eigenvalue weighted by Gasteiger charge is -2.18. The van der Waals surface area contributed by atoms with Crippen molar-refractivity contribution in [3.05, 3.63) is 33.3 Å². The Hall–Kier alpha value is -1.70. The standard InChI is InChI=1S/C12H16ClN3O4/c1-2-15(5-6-17)8-12(18)14-10-7-9(13)3-4-11(10)16(19)20/h3-4,7,17H,2,5-6,8H2,1H3,(H,14,18). The zero-order chi connectivity index (χ0) is 15.1. The predicted octanol–water partition coefficient (Wildman–Crippen LogP) is 1.50. The average Bonchev–Trinajstić information content (AvgIpc) is 2.37. The second kappa shape index (κ2) is 7.78. The van der Waals surface area contributed by atoms with Gasteiger partial charge in [0.25, 0.3) is 5.69 Å². The Balaban J connectivity index is 2.79. The first-order valence-electron chi connectivity index (χ1n) is 6.05. The Morgan fingerprint density at radius 2 is 2.25 bits per heavy atom. The number of rotatable bonds is 7. The third kappa shape index (κ3) is 4.76. The number of hydrogen-bond donors (Lipinski definition) is 2. The molecule has 1 aromatic carbocycles. The predicted molar refractivity (Wildman–Crippen MR) is 75.9 cm³/mol. The first kappa shape index (κ1) is 16.4. The minimum absolute atomic E-state index is 0.0424. The summed E-state index contributed by atoms with van der Waals surface area (Å²) in [6.45, 7) is 2.79. The largest absolute Gasteiger partial charge is 0.395 e. The molecule has 8 heteroatoms. The fraction of sp³-hybridized carbons (Fsp3) is 0.417. The van der Waals surface area contributed by atoms with Gasteiger partial charge in [0.1, 0.15) is 5.69 Å². The van der Waals surface area contributed by atoms with Gasteiger partial charge in [-0.25, -0.2) is 0 Å². The van der Waals surface area contributed by atoms with E-state index in [4.69, 9.17) is 16.7 Å². The van der Waals surface area contributed by atoms with Gasteiger partial charge in [0.05, 0.1) is 18.1 Å². The Labute approximate surface area is 121 Å². The number of aliphatic hydroxyl groups is 1. The van der Waals surface area contributed by atoms with Crippen molar-refractivity contribution in [3.8, 4) is 0 Å². The van der Waals surface area contributed by atoms with Crippen molar-refractivity contribution in [2.45, 2.75) is 6.92 Å². The van der Waals surface area contributed by atoms with Crippen LogP contribution in [0.25, 0.3) is 0 Å². The maximum absolute atomic E-state index is 11.8. The minimum atomic E-state index is -0.586. The SMILES string of the molecule is CCN(CCO)CC(=O)Nc1cc(Cl)ccc1[N+](=O)[O-]. The number of nitrogens with one attached hydrogen (secondary N) is 1. The second-order valence-corrected chi connectivity index (χ2v) is 4.50. The molecular formula is C12H16ClN3O4. The van der Waals surface area contributed by atoms with Crippen LogP contribution in [0.4, 0.5) is 11.4 Å². The van der Waals surface area contributed by atoms with E-state index in [0.29, 0.717) is 18.1 Å².